The maximum absolute atomic E-state index is 12.8. The zero-order chi connectivity index (χ0) is 23.4. The normalized spacial score (nSPS) is 13.8. The fourth-order valence-corrected chi connectivity index (χ4v) is 2.83. The zero-order valence-electron chi connectivity index (χ0n) is 17.9. The van der Waals surface area contributed by atoms with Gasteiger partial charge in [-0.1, -0.05) is 13.8 Å². The maximum Gasteiger partial charge on any atom is 0.322 e. The molecule has 0 aliphatic rings. The van der Waals surface area contributed by atoms with Crippen LogP contribution in [0.5, 0.6) is 0 Å². The van der Waals surface area contributed by atoms with Gasteiger partial charge in [0.05, 0.1) is 12.4 Å². The number of nitrogens with zero attached hydrogens (tertiary/aromatic N) is 1. The second-order valence-corrected chi connectivity index (χ2v) is 7.57. The van der Waals surface area contributed by atoms with Gasteiger partial charge in [-0.05, 0) is 31.7 Å². The topological polar surface area (TPSA) is 205 Å². The summed E-state index contributed by atoms with van der Waals surface area (Å²) in [4.78, 5) is 55.1. The van der Waals surface area contributed by atoms with Crippen molar-refractivity contribution >= 4 is 23.7 Å². The molecule has 0 aliphatic heterocycles. The van der Waals surface area contributed by atoms with Gasteiger partial charge in [-0.2, -0.15) is 0 Å². The fraction of sp³-hybridized carbons (Fsp3) is 0.632. The highest BCUT2D eigenvalue weighted by Gasteiger charge is 2.30. The first-order chi connectivity index (χ1) is 14.6. The minimum absolute atomic E-state index is 0.220. The number of aliphatic carboxylic acids is 1. The van der Waals surface area contributed by atoms with E-state index in [1.54, 1.807) is 20.0 Å². The van der Waals surface area contributed by atoms with Crippen molar-refractivity contribution in [3.05, 3.63) is 18.2 Å². The molecule has 31 heavy (non-hydrogen) atoms. The minimum Gasteiger partial charge on any atom is -0.480 e. The van der Waals surface area contributed by atoms with Crippen LogP contribution in [0.25, 0.3) is 0 Å². The summed E-state index contributed by atoms with van der Waals surface area (Å²) in [6.45, 7) is 3.36. The molecule has 174 valence electrons. The number of carbonyl (C=O) groups is 4. The molecule has 0 saturated heterocycles. The first kappa shape index (κ1) is 26.0. The van der Waals surface area contributed by atoms with Gasteiger partial charge in [-0.3, -0.25) is 19.2 Å². The molecule has 3 unspecified atom stereocenters. The summed E-state index contributed by atoms with van der Waals surface area (Å²) in [5, 5.41) is 16.3. The summed E-state index contributed by atoms with van der Waals surface area (Å²) in [6.07, 6.45) is 4.75. The number of aromatic nitrogens is 2. The molecule has 12 nitrogen and oxygen atoms in total. The molecule has 0 radical (unpaired) electrons. The number of nitrogens with two attached hydrogens (primary N) is 2. The van der Waals surface area contributed by atoms with E-state index in [4.69, 9.17) is 16.6 Å². The Labute approximate surface area is 180 Å². The van der Waals surface area contributed by atoms with Crippen molar-refractivity contribution in [3.8, 4) is 0 Å². The number of H-pyrrole nitrogens is 1. The molecule has 0 fully saturated rings. The summed E-state index contributed by atoms with van der Waals surface area (Å²) in [7, 11) is 0. The second kappa shape index (κ2) is 13.3. The van der Waals surface area contributed by atoms with Crippen molar-refractivity contribution in [2.45, 2.75) is 57.7 Å². The van der Waals surface area contributed by atoms with Crippen molar-refractivity contribution in [2.24, 2.45) is 17.4 Å². The van der Waals surface area contributed by atoms with Crippen LogP contribution in [-0.2, 0) is 25.6 Å². The standard InChI is InChI=1S/C19H33N7O5/c1-11(2)16(26-17(29)13(21)7-12-8-22-10-24-12)19(31)25-14(5-3-4-6-20)18(30)23-9-15(27)28/h8,10-11,13-14,16H,3-7,9,20-21H2,1-2H3,(H,22,24)(H,23,30)(H,25,31)(H,26,29)(H,27,28). The van der Waals surface area contributed by atoms with E-state index in [0.29, 0.717) is 25.1 Å². The molecule has 1 rings (SSSR count). The van der Waals surface area contributed by atoms with Crippen molar-refractivity contribution in [1.29, 1.82) is 0 Å². The van der Waals surface area contributed by atoms with E-state index in [1.165, 1.54) is 6.33 Å². The number of imidazole rings is 1. The van der Waals surface area contributed by atoms with Crippen LogP contribution in [0.4, 0.5) is 0 Å². The van der Waals surface area contributed by atoms with Crippen LogP contribution in [0.2, 0.25) is 0 Å². The third kappa shape index (κ3) is 9.57. The van der Waals surface area contributed by atoms with Crippen LogP contribution < -0.4 is 27.4 Å². The Kier molecular flexibility index (Phi) is 11.2. The number of rotatable bonds is 14. The Morgan fingerprint density at radius 2 is 1.84 bits per heavy atom. The summed E-state index contributed by atoms with van der Waals surface area (Å²) >= 11 is 0. The molecule has 1 heterocycles. The molecule has 3 atom stereocenters. The predicted molar refractivity (Wildman–Crippen MR) is 113 cm³/mol. The van der Waals surface area contributed by atoms with Crippen LogP contribution in [0.1, 0.15) is 38.8 Å². The first-order valence-corrected chi connectivity index (χ1v) is 10.2. The molecular weight excluding hydrogens is 406 g/mol. The van der Waals surface area contributed by atoms with E-state index in [9.17, 15) is 19.2 Å². The van der Waals surface area contributed by atoms with E-state index >= 15 is 0 Å². The third-order valence-corrected chi connectivity index (χ3v) is 4.57. The molecular formula is C19H33N7O5. The number of unbranched alkanes of at least 4 members (excludes halogenated alkanes) is 1. The van der Waals surface area contributed by atoms with Crippen LogP contribution in [0.3, 0.4) is 0 Å². The van der Waals surface area contributed by atoms with Gasteiger partial charge in [-0.25, -0.2) is 4.98 Å². The Balaban J connectivity index is 2.78. The number of carboxylic acids is 1. The summed E-state index contributed by atoms with van der Waals surface area (Å²) < 4.78 is 0. The van der Waals surface area contributed by atoms with E-state index < -0.39 is 48.4 Å². The van der Waals surface area contributed by atoms with Crippen molar-refractivity contribution < 1.29 is 24.3 Å². The third-order valence-electron chi connectivity index (χ3n) is 4.57. The van der Waals surface area contributed by atoms with Crippen molar-refractivity contribution in [3.63, 3.8) is 0 Å². The predicted octanol–water partition coefficient (Wildman–Crippen LogP) is -1.77. The van der Waals surface area contributed by atoms with Gasteiger partial charge in [-0.15, -0.1) is 0 Å². The number of carboxylic acid groups (broad SMARTS) is 1. The Hall–Kier alpha value is -2.99. The van der Waals surface area contributed by atoms with E-state index in [0.717, 1.165) is 0 Å². The number of aromatic amines is 1. The Bertz CT molecular complexity index is 723. The minimum atomic E-state index is -1.20. The highest BCUT2D eigenvalue weighted by atomic mass is 16.4. The van der Waals surface area contributed by atoms with Gasteiger partial charge in [0.2, 0.25) is 17.7 Å². The quantitative estimate of drug-likeness (QED) is 0.165. The Morgan fingerprint density at radius 1 is 1.13 bits per heavy atom. The van der Waals surface area contributed by atoms with Gasteiger partial charge in [0, 0.05) is 18.3 Å². The average molecular weight is 440 g/mol. The first-order valence-electron chi connectivity index (χ1n) is 10.2. The molecule has 3 amide bonds. The highest BCUT2D eigenvalue weighted by Crippen LogP contribution is 2.07. The molecule has 1 aromatic rings. The lowest BCUT2D eigenvalue weighted by Crippen LogP contribution is -2.57. The molecule has 1 aromatic heterocycles. The molecule has 0 spiro atoms. The number of nitrogens with one attached hydrogen (secondary N) is 4. The molecule has 0 saturated carbocycles. The fourth-order valence-electron chi connectivity index (χ4n) is 2.83. The van der Waals surface area contributed by atoms with Gasteiger partial charge in [0.15, 0.2) is 0 Å². The van der Waals surface area contributed by atoms with Crippen molar-refractivity contribution in [2.75, 3.05) is 13.1 Å². The Morgan fingerprint density at radius 3 is 2.39 bits per heavy atom. The van der Waals surface area contributed by atoms with E-state index in [1.807, 2.05) is 0 Å². The summed E-state index contributed by atoms with van der Waals surface area (Å²) in [5.74, 6) is -3.16. The second-order valence-electron chi connectivity index (χ2n) is 7.57. The smallest absolute Gasteiger partial charge is 0.322 e. The van der Waals surface area contributed by atoms with Crippen LogP contribution in [0, 0.1) is 5.92 Å². The molecule has 12 heteroatoms. The average Bonchev–Trinajstić information content (AvgIpc) is 3.21. The number of hydrogen-bond acceptors (Lipinski definition) is 7. The van der Waals surface area contributed by atoms with Crippen molar-refractivity contribution in [1.82, 2.24) is 25.9 Å². The molecule has 0 bridgehead atoms. The van der Waals surface area contributed by atoms with Crippen LogP contribution in [0.15, 0.2) is 12.5 Å². The lowest BCUT2D eigenvalue weighted by Gasteiger charge is -2.26. The lowest BCUT2D eigenvalue weighted by atomic mass is 10.0. The largest absolute Gasteiger partial charge is 0.480 e. The number of carbonyl (C=O) groups excluding carboxylic acids is 3. The van der Waals surface area contributed by atoms with Crippen LogP contribution >= 0.6 is 0 Å². The molecule has 0 aromatic carbocycles. The zero-order valence-corrected chi connectivity index (χ0v) is 17.9. The lowest BCUT2D eigenvalue weighted by molar-refractivity contribution is -0.138. The molecule has 0 aliphatic carbocycles. The monoisotopic (exact) mass is 439 g/mol. The SMILES string of the molecule is CC(C)C(NC(=O)C(N)Cc1cnc[nH]1)C(=O)NC(CCCCN)C(=O)NCC(=O)O. The highest BCUT2D eigenvalue weighted by molar-refractivity contribution is 5.93. The van der Waals surface area contributed by atoms with Crippen LogP contribution in [-0.4, -0.2) is 70.0 Å². The molecule has 9 N–H and O–H groups in total. The van der Waals surface area contributed by atoms with E-state index in [-0.39, 0.29) is 18.8 Å². The summed E-state index contributed by atoms with van der Waals surface area (Å²) in [5.41, 5.74) is 12.1. The number of amides is 3. The van der Waals surface area contributed by atoms with Gasteiger partial charge in [0.1, 0.15) is 18.6 Å². The van der Waals surface area contributed by atoms with Gasteiger partial charge in [0.25, 0.3) is 0 Å². The number of hydrogen-bond donors (Lipinski definition) is 7. The van der Waals surface area contributed by atoms with Gasteiger partial charge < -0.3 is 37.5 Å². The van der Waals surface area contributed by atoms with Gasteiger partial charge >= 0.3 is 5.97 Å². The summed E-state index contributed by atoms with van der Waals surface area (Å²) in [6, 6.07) is -2.77. The maximum atomic E-state index is 12.8. The van der Waals surface area contributed by atoms with E-state index in [2.05, 4.69) is 25.9 Å².